The molecule has 144 valence electrons. The fraction of sp³-hybridized carbons (Fsp3) is 0.474. The number of aromatic amines is 1. The molecular weight excluding hydrogens is 443 g/mol. The molecule has 1 heterocycles. The lowest BCUT2D eigenvalue weighted by Gasteiger charge is -2.11. The molecular formula is C19H29IN4O2. The summed E-state index contributed by atoms with van der Waals surface area (Å²) in [4.78, 5) is 18.6. The number of carbonyl (C=O) groups is 1. The van der Waals surface area contributed by atoms with Crippen LogP contribution >= 0.6 is 24.0 Å². The van der Waals surface area contributed by atoms with Crippen molar-refractivity contribution in [2.24, 2.45) is 4.99 Å². The molecule has 1 aromatic carbocycles. The topological polar surface area (TPSA) is 78.5 Å². The second-order valence-electron chi connectivity index (χ2n) is 5.92. The first kappa shape index (κ1) is 22.3. The summed E-state index contributed by atoms with van der Waals surface area (Å²) in [5.41, 5.74) is 2.48. The zero-order valence-electron chi connectivity index (χ0n) is 15.5. The molecule has 26 heavy (non-hydrogen) atoms. The van der Waals surface area contributed by atoms with Gasteiger partial charge in [-0.15, -0.1) is 24.0 Å². The molecule has 0 radical (unpaired) electrons. The fourth-order valence-electron chi connectivity index (χ4n) is 2.75. The number of guanidine groups is 1. The predicted molar refractivity (Wildman–Crippen MR) is 117 cm³/mol. The van der Waals surface area contributed by atoms with Gasteiger partial charge in [0.1, 0.15) is 0 Å². The van der Waals surface area contributed by atoms with Crippen molar-refractivity contribution in [1.82, 2.24) is 15.6 Å². The van der Waals surface area contributed by atoms with Crippen molar-refractivity contribution >= 4 is 46.8 Å². The minimum Gasteiger partial charge on any atom is -0.469 e. The maximum absolute atomic E-state index is 11.0. The molecule has 7 heteroatoms. The van der Waals surface area contributed by atoms with Gasteiger partial charge >= 0.3 is 5.97 Å². The zero-order valence-corrected chi connectivity index (χ0v) is 17.8. The molecule has 1 aromatic heterocycles. The van der Waals surface area contributed by atoms with E-state index in [1.54, 1.807) is 7.05 Å². The highest BCUT2D eigenvalue weighted by Crippen LogP contribution is 2.17. The molecule has 0 atom stereocenters. The SMILES string of the molecule is CN=C(NCCCCCC(=O)OC)NCCc1c[nH]c2ccccc12.I. The van der Waals surface area contributed by atoms with Gasteiger partial charge in [-0.2, -0.15) is 0 Å². The van der Waals surface area contributed by atoms with Gasteiger partial charge in [0.15, 0.2) is 5.96 Å². The van der Waals surface area contributed by atoms with E-state index in [1.807, 2.05) is 6.07 Å². The van der Waals surface area contributed by atoms with Gasteiger partial charge in [-0.05, 0) is 30.9 Å². The maximum Gasteiger partial charge on any atom is 0.305 e. The highest BCUT2D eigenvalue weighted by Gasteiger charge is 2.04. The van der Waals surface area contributed by atoms with Crippen molar-refractivity contribution in [2.75, 3.05) is 27.2 Å². The Bertz CT molecular complexity index is 700. The van der Waals surface area contributed by atoms with Gasteiger partial charge in [-0.25, -0.2) is 0 Å². The summed E-state index contributed by atoms with van der Waals surface area (Å²) < 4.78 is 4.63. The number of halogens is 1. The number of para-hydroxylation sites is 1. The lowest BCUT2D eigenvalue weighted by Crippen LogP contribution is -2.38. The number of benzene rings is 1. The second kappa shape index (κ2) is 12.6. The third-order valence-corrected chi connectivity index (χ3v) is 4.16. The van der Waals surface area contributed by atoms with E-state index in [-0.39, 0.29) is 29.9 Å². The number of nitrogens with zero attached hydrogens (tertiary/aromatic N) is 1. The number of H-pyrrole nitrogens is 1. The van der Waals surface area contributed by atoms with Crippen molar-refractivity contribution in [3.8, 4) is 0 Å². The number of ether oxygens (including phenoxy) is 1. The predicted octanol–water partition coefficient (Wildman–Crippen LogP) is 3.23. The molecule has 2 rings (SSSR count). The van der Waals surface area contributed by atoms with Crippen molar-refractivity contribution in [3.05, 3.63) is 36.0 Å². The largest absolute Gasteiger partial charge is 0.469 e. The number of carbonyl (C=O) groups excluding carboxylic acids is 1. The Morgan fingerprint density at radius 2 is 1.92 bits per heavy atom. The van der Waals surface area contributed by atoms with Gasteiger partial charge in [-0.3, -0.25) is 9.79 Å². The van der Waals surface area contributed by atoms with E-state index < -0.39 is 0 Å². The molecule has 0 aliphatic rings. The minimum atomic E-state index is -0.136. The molecule has 0 spiro atoms. The first-order valence-corrected chi connectivity index (χ1v) is 8.81. The first-order chi connectivity index (χ1) is 12.2. The van der Waals surface area contributed by atoms with E-state index in [1.165, 1.54) is 23.6 Å². The molecule has 6 nitrogen and oxygen atoms in total. The molecule has 0 aliphatic carbocycles. The molecule has 0 unspecified atom stereocenters. The number of aromatic nitrogens is 1. The number of esters is 1. The van der Waals surface area contributed by atoms with Gasteiger partial charge in [0.25, 0.3) is 0 Å². The summed E-state index contributed by atoms with van der Waals surface area (Å²) in [6.45, 7) is 1.66. The Morgan fingerprint density at radius 3 is 2.69 bits per heavy atom. The summed E-state index contributed by atoms with van der Waals surface area (Å²) in [5, 5.41) is 7.92. The quantitative estimate of drug-likeness (QED) is 0.172. The van der Waals surface area contributed by atoms with Crippen molar-refractivity contribution in [1.29, 1.82) is 0 Å². The van der Waals surface area contributed by atoms with Gasteiger partial charge in [0.2, 0.25) is 0 Å². The van der Waals surface area contributed by atoms with E-state index in [0.717, 1.165) is 44.7 Å². The normalized spacial score (nSPS) is 11.1. The summed E-state index contributed by atoms with van der Waals surface area (Å²) in [5.74, 6) is 0.676. The van der Waals surface area contributed by atoms with Gasteiger partial charge in [0, 0.05) is 43.7 Å². The van der Waals surface area contributed by atoms with Crippen LogP contribution in [0.15, 0.2) is 35.5 Å². The van der Waals surface area contributed by atoms with Crippen LogP contribution in [0.1, 0.15) is 31.2 Å². The van der Waals surface area contributed by atoms with Crippen LogP contribution in [0.4, 0.5) is 0 Å². The second-order valence-corrected chi connectivity index (χ2v) is 5.92. The Kier molecular flexibility index (Phi) is 10.8. The number of methoxy groups -OCH3 is 1. The lowest BCUT2D eigenvalue weighted by molar-refractivity contribution is -0.140. The van der Waals surface area contributed by atoms with E-state index in [0.29, 0.717) is 6.42 Å². The molecule has 0 bridgehead atoms. The number of unbranched alkanes of at least 4 members (excludes halogenated alkanes) is 2. The monoisotopic (exact) mass is 472 g/mol. The molecule has 0 fully saturated rings. The molecule has 0 saturated carbocycles. The highest BCUT2D eigenvalue weighted by atomic mass is 127. The minimum absolute atomic E-state index is 0. The standard InChI is InChI=1S/C19H28N4O2.HI/c1-20-19(21-12-7-3-4-10-18(24)25-2)22-13-11-15-14-23-17-9-6-5-8-16(15)17;/h5-6,8-9,14,23H,3-4,7,10-13H2,1-2H3,(H2,20,21,22);1H. The van der Waals surface area contributed by atoms with Crippen molar-refractivity contribution in [3.63, 3.8) is 0 Å². The average Bonchev–Trinajstić information content (AvgIpc) is 3.06. The molecule has 2 aromatic rings. The van der Waals surface area contributed by atoms with Crippen LogP contribution in [0.2, 0.25) is 0 Å². The van der Waals surface area contributed by atoms with E-state index in [2.05, 4.69) is 49.7 Å². The Balaban J connectivity index is 0.00000338. The van der Waals surface area contributed by atoms with Crippen LogP contribution in [-0.4, -0.2) is 44.2 Å². The Labute approximate surface area is 172 Å². The molecule has 0 aliphatic heterocycles. The van der Waals surface area contributed by atoms with Crippen LogP contribution in [0, 0.1) is 0 Å². The number of fused-ring (bicyclic) bond motifs is 1. The van der Waals surface area contributed by atoms with Crippen LogP contribution in [0.25, 0.3) is 10.9 Å². The summed E-state index contributed by atoms with van der Waals surface area (Å²) >= 11 is 0. The average molecular weight is 472 g/mol. The van der Waals surface area contributed by atoms with E-state index >= 15 is 0 Å². The van der Waals surface area contributed by atoms with Crippen LogP contribution in [-0.2, 0) is 16.0 Å². The smallest absolute Gasteiger partial charge is 0.305 e. The van der Waals surface area contributed by atoms with Crippen LogP contribution in [0.5, 0.6) is 0 Å². The molecule has 0 amide bonds. The molecule has 3 N–H and O–H groups in total. The number of aliphatic imine (C=N–C) groups is 1. The van der Waals surface area contributed by atoms with Gasteiger partial charge < -0.3 is 20.4 Å². The third-order valence-electron chi connectivity index (χ3n) is 4.16. The number of rotatable bonds is 9. The fourth-order valence-corrected chi connectivity index (χ4v) is 2.75. The lowest BCUT2D eigenvalue weighted by atomic mass is 10.1. The van der Waals surface area contributed by atoms with Crippen molar-refractivity contribution in [2.45, 2.75) is 32.1 Å². The zero-order chi connectivity index (χ0) is 17.9. The van der Waals surface area contributed by atoms with Crippen LogP contribution < -0.4 is 10.6 Å². The number of hydrogen-bond acceptors (Lipinski definition) is 3. The van der Waals surface area contributed by atoms with Gasteiger partial charge in [0.05, 0.1) is 7.11 Å². The Hall–Kier alpha value is -1.77. The third kappa shape index (κ3) is 7.23. The summed E-state index contributed by atoms with van der Waals surface area (Å²) in [6.07, 6.45) is 6.36. The van der Waals surface area contributed by atoms with Crippen molar-refractivity contribution < 1.29 is 9.53 Å². The first-order valence-electron chi connectivity index (χ1n) is 8.81. The molecule has 0 saturated heterocycles. The van der Waals surface area contributed by atoms with E-state index in [9.17, 15) is 4.79 Å². The van der Waals surface area contributed by atoms with E-state index in [4.69, 9.17) is 0 Å². The summed E-state index contributed by atoms with van der Waals surface area (Å²) in [7, 11) is 3.20. The summed E-state index contributed by atoms with van der Waals surface area (Å²) in [6, 6.07) is 8.33. The Morgan fingerprint density at radius 1 is 1.15 bits per heavy atom. The van der Waals surface area contributed by atoms with Crippen LogP contribution in [0.3, 0.4) is 0 Å². The highest BCUT2D eigenvalue weighted by molar-refractivity contribution is 14.0. The maximum atomic E-state index is 11.0. The number of hydrogen-bond donors (Lipinski definition) is 3. The van der Waals surface area contributed by atoms with Gasteiger partial charge in [-0.1, -0.05) is 24.6 Å². The number of nitrogens with one attached hydrogen (secondary N) is 3.